The van der Waals surface area contributed by atoms with Gasteiger partial charge in [0.1, 0.15) is 0 Å². The third-order valence-corrected chi connectivity index (χ3v) is 28.0. The lowest BCUT2D eigenvalue weighted by molar-refractivity contribution is 0.660. The molecule has 0 atom stereocenters. The molecule has 18 aromatic carbocycles. The summed E-state index contributed by atoms with van der Waals surface area (Å²) in [6.45, 7) is 14.0. The number of rotatable bonds is 12. The smallest absolute Gasteiger partial charge is 0.0714 e. The molecule has 0 saturated heterocycles. The first-order chi connectivity index (χ1) is 60.3. The highest BCUT2D eigenvalue weighted by molar-refractivity contribution is 5.95. The molecular formula is C120H93N3. The highest BCUT2D eigenvalue weighted by atomic mass is 14.9. The number of hydrogen-bond acceptors (Lipinski definition) is 3. The summed E-state index contributed by atoms with van der Waals surface area (Å²) >= 11 is 0. The van der Waals surface area contributed by atoms with E-state index >= 15 is 0 Å². The minimum Gasteiger partial charge on any atom is -0.356 e. The van der Waals surface area contributed by atoms with E-state index in [-0.39, 0.29) is 21.7 Å². The van der Waals surface area contributed by atoms with E-state index in [2.05, 4.69) is 494 Å². The summed E-state index contributed by atoms with van der Waals surface area (Å²) in [7, 11) is 0. The standard InChI is InChI=1S/3C40H31N/c1-39(2)33-18-9-8-17-32(33)38-36(39)21-12-22-37(38)41-29-25-23-28(24-26-29)40(27-13-4-3-5-14-27)34-19-10-6-15-30(34)31-16-7-11-20-35(31)40;1-39(2)34-22-9-6-20-32(34)33-21-13-25-37(38(33)39)41-29-17-12-16-28(26-29)40(27-14-4-3-5-15-27)35-23-10-7-18-30(35)31-19-8-11-24-36(31)40;1-39(2)35-20-9-6-19-33(35)34-26-30(23-24-36(34)39)41-29-16-12-15-28(25-29)40(27-13-4-3-5-14-27)37-21-10-7-17-31(37)32-18-8-11-22-38(32)40/h3*3-26,41H,1-2H3. The van der Waals surface area contributed by atoms with Crippen molar-refractivity contribution < 1.29 is 0 Å². The highest BCUT2D eigenvalue weighted by Gasteiger charge is 2.50. The van der Waals surface area contributed by atoms with Gasteiger partial charge in [0.15, 0.2) is 0 Å². The van der Waals surface area contributed by atoms with Gasteiger partial charge in [0.25, 0.3) is 0 Å². The van der Waals surface area contributed by atoms with Crippen LogP contribution in [0.1, 0.15) is 142 Å². The fourth-order valence-corrected chi connectivity index (χ4v) is 22.7. The molecule has 0 aromatic heterocycles. The molecule has 3 heteroatoms. The second kappa shape index (κ2) is 29.1. The maximum Gasteiger partial charge on any atom is 0.0714 e. The molecule has 0 heterocycles. The Kier molecular flexibility index (Phi) is 17.6. The summed E-state index contributed by atoms with van der Waals surface area (Å²) in [5.74, 6) is 0. The van der Waals surface area contributed by atoms with Crippen LogP contribution in [-0.2, 0) is 32.5 Å². The van der Waals surface area contributed by atoms with Gasteiger partial charge in [-0.3, -0.25) is 0 Å². The van der Waals surface area contributed by atoms with E-state index in [1.165, 1.54) is 173 Å². The first kappa shape index (κ1) is 74.6. The first-order valence-electron chi connectivity index (χ1n) is 43.4. The van der Waals surface area contributed by atoms with Crippen molar-refractivity contribution in [3.8, 4) is 66.8 Å². The van der Waals surface area contributed by atoms with E-state index < -0.39 is 10.8 Å². The quantitative estimate of drug-likeness (QED) is 0.114. The van der Waals surface area contributed by atoms with Crippen LogP contribution in [0.25, 0.3) is 66.8 Å². The van der Waals surface area contributed by atoms with Crippen LogP contribution in [0.3, 0.4) is 0 Å². The number of fused-ring (bicyclic) bond motifs is 18. The molecule has 0 saturated carbocycles. The van der Waals surface area contributed by atoms with Gasteiger partial charge in [-0.1, -0.05) is 418 Å². The normalized spacial score (nSPS) is 15.0. The summed E-state index contributed by atoms with van der Waals surface area (Å²) in [4.78, 5) is 0. The van der Waals surface area contributed by atoms with Crippen molar-refractivity contribution in [3.63, 3.8) is 0 Å². The molecule has 24 rings (SSSR count). The Bertz CT molecular complexity index is 7040. The molecule has 0 spiro atoms. The molecule has 18 aromatic rings. The van der Waals surface area contributed by atoms with Crippen molar-refractivity contribution in [1.82, 2.24) is 0 Å². The lowest BCUT2D eigenvalue weighted by Gasteiger charge is -2.34. The summed E-state index contributed by atoms with van der Waals surface area (Å²) in [6.07, 6.45) is 0. The molecule has 0 amide bonds. The molecule has 3 nitrogen and oxygen atoms in total. The second-order valence-electron chi connectivity index (χ2n) is 35.5. The third-order valence-electron chi connectivity index (χ3n) is 28.0. The van der Waals surface area contributed by atoms with Crippen LogP contribution < -0.4 is 16.0 Å². The number of hydrogen-bond donors (Lipinski definition) is 3. The molecule has 0 fully saturated rings. The van der Waals surface area contributed by atoms with Gasteiger partial charge in [-0.2, -0.15) is 0 Å². The van der Waals surface area contributed by atoms with Crippen molar-refractivity contribution >= 4 is 34.1 Å². The van der Waals surface area contributed by atoms with Gasteiger partial charge in [0.05, 0.1) is 16.2 Å². The zero-order valence-corrected chi connectivity index (χ0v) is 70.1. The van der Waals surface area contributed by atoms with Crippen molar-refractivity contribution in [2.24, 2.45) is 0 Å². The van der Waals surface area contributed by atoms with Crippen LogP contribution >= 0.6 is 0 Å². The summed E-state index contributed by atoms with van der Waals surface area (Å²) in [6, 6.07) is 160. The minimum absolute atomic E-state index is 0.00962. The number of anilines is 6. The Labute approximate surface area is 722 Å². The molecule has 6 aliphatic rings. The Hall–Kier alpha value is -14.6. The van der Waals surface area contributed by atoms with Gasteiger partial charge in [-0.25, -0.2) is 0 Å². The van der Waals surface area contributed by atoms with Crippen LogP contribution in [0.4, 0.5) is 34.1 Å². The van der Waals surface area contributed by atoms with Crippen molar-refractivity contribution in [3.05, 3.63) is 537 Å². The van der Waals surface area contributed by atoms with Gasteiger partial charge >= 0.3 is 0 Å². The van der Waals surface area contributed by atoms with Crippen molar-refractivity contribution in [2.45, 2.75) is 74.0 Å². The predicted octanol–water partition coefficient (Wildman–Crippen LogP) is 30.3. The van der Waals surface area contributed by atoms with Gasteiger partial charge in [0, 0.05) is 55.9 Å². The summed E-state index contributed by atoms with van der Waals surface area (Å²) in [5, 5.41) is 11.4. The molecule has 6 aliphatic carbocycles. The topological polar surface area (TPSA) is 36.1 Å². The molecule has 588 valence electrons. The Morgan fingerprint density at radius 1 is 0.154 bits per heavy atom. The summed E-state index contributed by atoms with van der Waals surface area (Å²) < 4.78 is 0. The van der Waals surface area contributed by atoms with E-state index in [4.69, 9.17) is 0 Å². The van der Waals surface area contributed by atoms with E-state index in [1.807, 2.05) is 0 Å². The second-order valence-corrected chi connectivity index (χ2v) is 35.5. The molecule has 0 unspecified atom stereocenters. The van der Waals surface area contributed by atoms with Gasteiger partial charge < -0.3 is 16.0 Å². The van der Waals surface area contributed by atoms with Gasteiger partial charge in [-0.15, -0.1) is 0 Å². The summed E-state index contributed by atoms with van der Waals surface area (Å²) in [5.41, 5.74) is 45.3. The highest BCUT2D eigenvalue weighted by Crippen LogP contribution is 2.62. The number of benzene rings is 18. The van der Waals surface area contributed by atoms with Gasteiger partial charge in [0.2, 0.25) is 0 Å². The van der Waals surface area contributed by atoms with Crippen LogP contribution in [0, 0.1) is 0 Å². The van der Waals surface area contributed by atoms with E-state index in [0.29, 0.717) is 0 Å². The fraction of sp³-hybridized carbons (Fsp3) is 0.100. The monoisotopic (exact) mass is 1580 g/mol. The van der Waals surface area contributed by atoms with Gasteiger partial charge in [-0.05, 0) is 222 Å². The van der Waals surface area contributed by atoms with Crippen molar-refractivity contribution in [1.29, 1.82) is 0 Å². The van der Waals surface area contributed by atoms with Crippen molar-refractivity contribution in [2.75, 3.05) is 16.0 Å². The molecule has 0 radical (unpaired) electrons. The third kappa shape index (κ3) is 11.4. The molecular weight excluding hydrogens is 1480 g/mol. The first-order valence-corrected chi connectivity index (χ1v) is 43.4. The Morgan fingerprint density at radius 2 is 0.423 bits per heavy atom. The maximum absolute atomic E-state index is 3.88. The molecule has 123 heavy (non-hydrogen) atoms. The molecule has 0 bridgehead atoms. The minimum atomic E-state index is -0.403. The van der Waals surface area contributed by atoms with E-state index in [9.17, 15) is 0 Å². The maximum atomic E-state index is 3.88. The zero-order chi connectivity index (χ0) is 82.8. The predicted molar refractivity (Wildman–Crippen MR) is 513 cm³/mol. The fourth-order valence-electron chi connectivity index (χ4n) is 22.7. The average Bonchev–Trinajstić information content (AvgIpc) is 1.55. The van der Waals surface area contributed by atoms with Crippen LogP contribution in [-0.4, -0.2) is 0 Å². The van der Waals surface area contributed by atoms with Crippen LogP contribution in [0.15, 0.2) is 437 Å². The Balaban J connectivity index is 0.000000110. The number of nitrogens with one attached hydrogen (secondary N) is 3. The van der Waals surface area contributed by atoms with E-state index in [0.717, 1.165) is 28.4 Å². The Morgan fingerprint density at radius 3 is 0.870 bits per heavy atom. The average molecular weight is 1580 g/mol. The van der Waals surface area contributed by atoms with Crippen LogP contribution in [0.5, 0.6) is 0 Å². The molecule has 0 aliphatic heterocycles. The van der Waals surface area contributed by atoms with Crippen LogP contribution in [0.2, 0.25) is 0 Å². The lowest BCUT2D eigenvalue weighted by Crippen LogP contribution is -2.28. The molecule has 3 N–H and O–H groups in total. The zero-order valence-electron chi connectivity index (χ0n) is 70.1. The largest absolute Gasteiger partial charge is 0.356 e. The SMILES string of the molecule is CC1(C)c2ccccc2-c2c(Nc3ccc(C4(c5ccccc5)c5ccccc5-c5ccccc54)cc3)cccc21.CC1(C)c2ccccc2-c2cc(Nc3cccc(C4(c5ccccc5)c5ccccc5-c5ccccc54)c3)ccc21.CC1(C)c2ccccc2-c2cccc(Nc3cccc(C4(c5ccccc5)c5ccccc5-c5ccccc54)c3)c21. The lowest BCUT2D eigenvalue weighted by atomic mass is 9.67. The van der Waals surface area contributed by atoms with E-state index in [1.54, 1.807) is 0 Å².